The Labute approximate surface area is 295 Å². The van der Waals surface area contributed by atoms with Crippen LogP contribution >= 0.6 is 0 Å². The number of hydrogen-bond donors (Lipinski definition) is 8. The molecule has 0 saturated carbocycles. The summed E-state index contributed by atoms with van der Waals surface area (Å²) in [5.41, 5.74) is 0.330. The monoisotopic (exact) mass is 724 g/mol. The van der Waals surface area contributed by atoms with Gasteiger partial charge in [-0.3, -0.25) is 4.79 Å². The number of para-hydroxylation sites is 4. The predicted octanol–water partition coefficient (Wildman–Crippen LogP) is 1.98. The number of aromatic hydroxyl groups is 1. The van der Waals surface area contributed by atoms with Gasteiger partial charge >= 0.3 is 23.9 Å². The topological polar surface area (TPSA) is 267 Å². The number of carbonyl (C=O) groups excluding carboxylic acids is 2. The van der Waals surface area contributed by atoms with E-state index in [1.54, 1.807) is 54.6 Å². The van der Waals surface area contributed by atoms with Crippen LogP contribution in [0.25, 0.3) is 0 Å². The zero-order valence-electron chi connectivity index (χ0n) is 27.4. The predicted molar refractivity (Wildman–Crippen MR) is 178 cm³/mol. The Kier molecular flexibility index (Phi) is 15.2. The van der Waals surface area contributed by atoms with Crippen molar-refractivity contribution < 1.29 is 79.0 Å². The highest BCUT2D eigenvalue weighted by molar-refractivity contribution is 5.97. The van der Waals surface area contributed by atoms with Gasteiger partial charge in [-0.1, -0.05) is 54.6 Å². The second-order valence-corrected chi connectivity index (χ2v) is 10.7. The van der Waals surface area contributed by atoms with Crippen molar-refractivity contribution in [2.45, 2.75) is 44.2 Å². The quantitative estimate of drug-likeness (QED) is 0.0906. The fraction of sp³-hybridized carbons (Fsp3) is 0.222. The molecule has 16 heteroatoms. The van der Waals surface area contributed by atoms with Crippen molar-refractivity contribution in [3.8, 4) is 23.0 Å². The Bertz CT molecular complexity index is 1820. The smallest absolute Gasteiger partial charge is 0.347 e. The third kappa shape index (κ3) is 11.1. The Morgan fingerprint density at radius 1 is 0.635 bits per heavy atom. The van der Waals surface area contributed by atoms with Gasteiger partial charge in [0.25, 0.3) is 0 Å². The van der Waals surface area contributed by atoms with Crippen molar-refractivity contribution in [2.24, 2.45) is 0 Å². The number of benzene rings is 4. The number of esters is 2. The molecule has 5 atom stereocenters. The average molecular weight is 725 g/mol. The van der Waals surface area contributed by atoms with Crippen LogP contribution in [0.15, 0.2) is 97.1 Å². The van der Waals surface area contributed by atoms with E-state index < -0.39 is 61.2 Å². The molecule has 1 saturated heterocycles. The molecule has 0 radical (unpaired) electrons. The lowest BCUT2D eigenvalue weighted by Crippen LogP contribution is -2.60. The second-order valence-electron chi connectivity index (χ2n) is 10.7. The van der Waals surface area contributed by atoms with Crippen molar-refractivity contribution in [3.05, 3.63) is 119 Å². The molecule has 0 amide bonds. The van der Waals surface area contributed by atoms with E-state index in [0.717, 1.165) is 0 Å². The molecule has 16 nitrogen and oxygen atoms in total. The number of phenolic OH excluding ortho intramolecular Hbond substituents is 1. The molecule has 4 aromatic rings. The molecule has 52 heavy (non-hydrogen) atoms. The molecule has 1 aliphatic heterocycles. The van der Waals surface area contributed by atoms with Crippen molar-refractivity contribution in [1.82, 2.24) is 0 Å². The minimum atomic E-state index is -1.49. The SMILES string of the molecule is CC(=O)Oc1ccccc1C(=O)O.O=C(Oc1ccccc1C(=O)O)c1ccccc1O.OCc1ccccc1O[C@@H]1O[C@H](CO)[C@@H](O)[C@H](O)[C@H]1O. The molecule has 5 rings (SSSR count). The summed E-state index contributed by atoms with van der Waals surface area (Å²) in [4.78, 5) is 44.0. The number of aliphatic hydroxyl groups excluding tert-OH is 5. The molecule has 0 spiro atoms. The van der Waals surface area contributed by atoms with Gasteiger partial charge in [0.2, 0.25) is 6.29 Å². The van der Waals surface area contributed by atoms with Gasteiger partial charge in [-0.2, -0.15) is 0 Å². The summed E-state index contributed by atoms with van der Waals surface area (Å²) in [6.45, 7) is 0.443. The molecule has 276 valence electrons. The van der Waals surface area contributed by atoms with E-state index in [4.69, 9.17) is 29.5 Å². The van der Waals surface area contributed by atoms with Gasteiger partial charge in [0.05, 0.1) is 13.2 Å². The summed E-state index contributed by atoms with van der Waals surface area (Å²) >= 11 is 0. The lowest BCUT2D eigenvalue weighted by molar-refractivity contribution is -0.277. The average Bonchev–Trinajstić information content (AvgIpc) is 3.12. The lowest BCUT2D eigenvalue weighted by Gasteiger charge is -2.39. The third-order valence-electron chi connectivity index (χ3n) is 7.05. The fourth-order valence-corrected chi connectivity index (χ4v) is 4.46. The Morgan fingerprint density at radius 3 is 1.62 bits per heavy atom. The fourth-order valence-electron chi connectivity index (χ4n) is 4.46. The van der Waals surface area contributed by atoms with Gasteiger partial charge < -0.3 is 59.8 Å². The van der Waals surface area contributed by atoms with Crippen LogP contribution in [-0.4, -0.2) is 102 Å². The highest BCUT2D eigenvalue weighted by Gasteiger charge is 2.44. The molecule has 0 bridgehead atoms. The van der Waals surface area contributed by atoms with Gasteiger partial charge in [-0.25, -0.2) is 14.4 Å². The number of carboxylic acid groups (broad SMARTS) is 2. The van der Waals surface area contributed by atoms with E-state index in [9.17, 15) is 44.7 Å². The van der Waals surface area contributed by atoms with E-state index in [1.165, 1.54) is 49.4 Å². The van der Waals surface area contributed by atoms with E-state index in [0.29, 0.717) is 11.3 Å². The van der Waals surface area contributed by atoms with Crippen molar-refractivity contribution in [3.63, 3.8) is 0 Å². The summed E-state index contributed by atoms with van der Waals surface area (Å²) < 4.78 is 20.3. The van der Waals surface area contributed by atoms with E-state index in [1.807, 2.05) is 0 Å². The van der Waals surface area contributed by atoms with Gasteiger partial charge in [0.1, 0.15) is 64.1 Å². The summed E-state index contributed by atoms with van der Waals surface area (Å²) in [6.07, 6.45) is -6.67. The van der Waals surface area contributed by atoms with Gasteiger partial charge in [0.15, 0.2) is 0 Å². The Balaban J connectivity index is 0.000000215. The van der Waals surface area contributed by atoms with E-state index >= 15 is 0 Å². The molecule has 0 aromatic heterocycles. The summed E-state index contributed by atoms with van der Waals surface area (Å²) in [5.74, 6) is -3.58. The van der Waals surface area contributed by atoms with Crippen LogP contribution in [0, 0.1) is 0 Å². The summed E-state index contributed by atoms with van der Waals surface area (Å²) in [6, 6.07) is 24.2. The number of phenols is 1. The second kappa shape index (κ2) is 19.5. The number of rotatable bonds is 9. The molecule has 1 fully saturated rings. The standard InChI is InChI=1S/C14H10O5.C13H18O7.C9H8O4/c15-11-7-3-1-5-9(11)14(18)19-12-8-4-2-6-10(12)13(16)17;14-5-7-3-1-2-4-8(7)19-13-12(18)11(17)10(16)9(6-15)20-13;1-6(10)13-8-5-3-2-4-7(8)9(11)12/h1-8,15H,(H,16,17);1-4,9-18H,5-6H2;2-5H,1H3,(H,11,12)/t;9-,10-,11+,12-,13-;/m.1./s1. The maximum Gasteiger partial charge on any atom is 0.347 e. The van der Waals surface area contributed by atoms with Gasteiger partial charge in [-0.05, 0) is 42.5 Å². The maximum atomic E-state index is 11.8. The first kappa shape index (κ1) is 40.5. The molecule has 0 aliphatic carbocycles. The zero-order valence-corrected chi connectivity index (χ0v) is 27.4. The minimum Gasteiger partial charge on any atom is -0.507 e. The van der Waals surface area contributed by atoms with Crippen molar-refractivity contribution >= 4 is 23.9 Å². The number of carboxylic acids is 2. The first-order valence-electron chi connectivity index (χ1n) is 15.3. The van der Waals surface area contributed by atoms with Crippen LogP contribution in [0.4, 0.5) is 0 Å². The highest BCUT2D eigenvalue weighted by Crippen LogP contribution is 2.27. The number of aromatic carboxylic acids is 2. The molecule has 4 aromatic carbocycles. The van der Waals surface area contributed by atoms with Crippen LogP contribution in [0.3, 0.4) is 0 Å². The maximum absolute atomic E-state index is 11.8. The number of carbonyl (C=O) groups is 4. The third-order valence-corrected chi connectivity index (χ3v) is 7.05. The van der Waals surface area contributed by atoms with Gasteiger partial charge in [0, 0.05) is 12.5 Å². The first-order valence-corrected chi connectivity index (χ1v) is 15.3. The first-order chi connectivity index (χ1) is 24.8. The Hall–Kier alpha value is -5.88. The highest BCUT2D eigenvalue weighted by atomic mass is 16.7. The lowest BCUT2D eigenvalue weighted by atomic mass is 9.99. The van der Waals surface area contributed by atoms with Crippen LogP contribution in [0.2, 0.25) is 0 Å². The van der Waals surface area contributed by atoms with Gasteiger partial charge in [-0.15, -0.1) is 0 Å². The van der Waals surface area contributed by atoms with Crippen LogP contribution < -0.4 is 14.2 Å². The Morgan fingerprint density at radius 2 is 1.12 bits per heavy atom. The molecular weight excluding hydrogens is 688 g/mol. The molecular formula is C36H36O16. The molecule has 0 unspecified atom stereocenters. The normalized spacial score (nSPS) is 19.0. The van der Waals surface area contributed by atoms with Crippen LogP contribution in [0.1, 0.15) is 43.6 Å². The molecule has 8 N–H and O–H groups in total. The van der Waals surface area contributed by atoms with Crippen molar-refractivity contribution in [1.29, 1.82) is 0 Å². The van der Waals surface area contributed by atoms with E-state index in [-0.39, 0.29) is 40.5 Å². The molecule has 1 aliphatic rings. The summed E-state index contributed by atoms with van der Waals surface area (Å²) in [7, 11) is 0. The number of hydrogen-bond acceptors (Lipinski definition) is 14. The molecule has 1 heterocycles. The van der Waals surface area contributed by atoms with Crippen LogP contribution in [0.5, 0.6) is 23.0 Å². The van der Waals surface area contributed by atoms with Crippen molar-refractivity contribution in [2.75, 3.05) is 6.61 Å². The number of aliphatic hydroxyl groups is 5. The largest absolute Gasteiger partial charge is 0.507 e. The van der Waals surface area contributed by atoms with E-state index in [2.05, 4.69) is 4.74 Å². The summed E-state index contributed by atoms with van der Waals surface area (Å²) in [5, 5.41) is 74.6. The number of ether oxygens (including phenoxy) is 4. The zero-order chi connectivity index (χ0) is 38.4. The minimum absolute atomic E-state index is 0.0160. The van der Waals surface area contributed by atoms with Crippen LogP contribution in [-0.2, 0) is 16.1 Å².